The van der Waals surface area contributed by atoms with Crippen LogP contribution in [-0.4, -0.2) is 49.5 Å². The predicted octanol–water partition coefficient (Wildman–Crippen LogP) is 4.72. The van der Waals surface area contributed by atoms with Crippen LogP contribution in [0.15, 0.2) is 154 Å². The van der Waals surface area contributed by atoms with Gasteiger partial charge in [0.25, 0.3) is 0 Å². The van der Waals surface area contributed by atoms with Crippen LogP contribution in [0.5, 0.6) is 0 Å². The second-order valence-electron chi connectivity index (χ2n) is 12.5. The number of nitrogens with zero attached hydrogens (tertiary/aromatic N) is 3. The van der Waals surface area contributed by atoms with Crippen molar-refractivity contribution in [3.05, 3.63) is 167 Å². The fourth-order valence-electron chi connectivity index (χ4n) is 6.30. The van der Waals surface area contributed by atoms with Gasteiger partial charge in [0.05, 0.1) is 28.3 Å². The van der Waals surface area contributed by atoms with Gasteiger partial charge in [0, 0.05) is 23.7 Å². The molecule has 11 heteroatoms. The summed E-state index contributed by atoms with van der Waals surface area (Å²) in [4.78, 5) is 24.6. The molecule has 0 spiro atoms. The molecule has 0 unspecified atom stereocenters. The Morgan fingerprint density at radius 2 is 1.42 bits per heavy atom. The van der Waals surface area contributed by atoms with E-state index in [1.165, 1.54) is 12.1 Å². The van der Waals surface area contributed by atoms with Crippen LogP contribution in [0.2, 0.25) is 0 Å². The van der Waals surface area contributed by atoms with Gasteiger partial charge in [-0.25, -0.2) is 13.1 Å². The van der Waals surface area contributed by atoms with Crippen LogP contribution in [0.25, 0.3) is 0 Å². The maximum atomic E-state index is 13.8. The van der Waals surface area contributed by atoms with Crippen molar-refractivity contribution in [3.63, 3.8) is 0 Å². The van der Waals surface area contributed by atoms with E-state index in [4.69, 9.17) is 4.99 Å². The number of rotatable bonds is 13. The van der Waals surface area contributed by atoms with Gasteiger partial charge in [0.15, 0.2) is 0 Å². The number of hydrogen-bond acceptors (Lipinski definition) is 8. The van der Waals surface area contributed by atoms with Crippen molar-refractivity contribution in [2.24, 2.45) is 9.98 Å². The number of likely N-dealkylation sites (tertiary alicyclic amines) is 1. The molecule has 1 aliphatic heterocycles. The molecule has 5 aromatic rings. The summed E-state index contributed by atoms with van der Waals surface area (Å²) in [5, 5.41) is 26.9. The van der Waals surface area contributed by atoms with Gasteiger partial charge in [-0.3, -0.25) is 14.9 Å². The SMILES string of the molecule is Cc1ccc(S(=O)(=O)N[C@@H](c2ccccc2)[C@@H](N=C(c2ccccc2)c2ccccc2N=C([O-])[C@H]2CCCN2Cc2ccccc2)C(=O)[O-])cc1.[Ni+2]. The zero-order valence-electron chi connectivity index (χ0n) is 28.4. The molecule has 0 amide bonds. The summed E-state index contributed by atoms with van der Waals surface area (Å²) >= 11 is 0. The van der Waals surface area contributed by atoms with Crippen LogP contribution in [0.1, 0.15) is 46.7 Å². The molecule has 0 aromatic heterocycles. The van der Waals surface area contributed by atoms with E-state index in [2.05, 4.69) is 14.6 Å². The van der Waals surface area contributed by atoms with Gasteiger partial charge in [-0.15, -0.1) is 0 Å². The third kappa shape index (κ3) is 9.29. The molecule has 1 saturated heterocycles. The molecule has 9 nitrogen and oxygen atoms in total. The van der Waals surface area contributed by atoms with Crippen LogP contribution >= 0.6 is 0 Å². The number of para-hydroxylation sites is 1. The summed E-state index contributed by atoms with van der Waals surface area (Å²) in [6.45, 7) is 3.23. The number of aryl methyl sites for hydroxylation is 1. The van der Waals surface area contributed by atoms with Crippen LogP contribution < -0.4 is 14.9 Å². The van der Waals surface area contributed by atoms with Crippen LogP contribution in [0.3, 0.4) is 0 Å². The Hall–Kier alpha value is -4.93. The number of benzene rings is 5. The van der Waals surface area contributed by atoms with Crippen LogP contribution in [0.4, 0.5) is 5.69 Å². The molecule has 52 heavy (non-hydrogen) atoms. The molecule has 5 aromatic carbocycles. The Kier molecular flexibility index (Phi) is 12.9. The number of sulfonamides is 1. The quantitative estimate of drug-likeness (QED) is 0.105. The number of carbonyl (C=O) groups excluding carboxylic acids is 1. The van der Waals surface area contributed by atoms with Crippen molar-refractivity contribution >= 4 is 33.3 Å². The summed E-state index contributed by atoms with van der Waals surface area (Å²) in [5.41, 5.74) is 3.88. The van der Waals surface area contributed by atoms with Crippen molar-refractivity contribution in [2.75, 3.05) is 6.54 Å². The van der Waals surface area contributed by atoms with Crippen LogP contribution in [0, 0.1) is 6.92 Å². The van der Waals surface area contributed by atoms with Crippen molar-refractivity contribution in [2.45, 2.75) is 49.3 Å². The molecular formula is C41H38N4NiO5S. The van der Waals surface area contributed by atoms with E-state index in [9.17, 15) is 23.4 Å². The van der Waals surface area contributed by atoms with Crippen molar-refractivity contribution in [1.82, 2.24) is 9.62 Å². The first-order chi connectivity index (χ1) is 24.7. The van der Waals surface area contributed by atoms with Gasteiger partial charge < -0.3 is 15.0 Å². The Morgan fingerprint density at radius 1 is 0.827 bits per heavy atom. The second-order valence-corrected chi connectivity index (χ2v) is 14.2. The number of nitrogens with one attached hydrogen (secondary N) is 1. The zero-order chi connectivity index (χ0) is 35.8. The number of aliphatic imine (C=N–C) groups is 2. The molecule has 268 valence electrons. The average Bonchev–Trinajstić information content (AvgIpc) is 3.61. The van der Waals surface area contributed by atoms with Gasteiger partial charge in [-0.2, -0.15) is 0 Å². The minimum absolute atomic E-state index is 0. The molecule has 0 saturated carbocycles. The molecule has 6 rings (SSSR count). The topological polar surface area (TPSA) is 137 Å². The van der Waals surface area contributed by atoms with Gasteiger partial charge >= 0.3 is 16.5 Å². The molecule has 3 atom stereocenters. The van der Waals surface area contributed by atoms with Gasteiger partial charge in [0.2, 0.25) is 10.0 Å². The first-order valence-corrected chi connectivity index (χ1v) is 18.3. The predicted molar refractivity (Wildman–Crippen MR) is 195 cm³/mol. The zero-order valence-corrected chi connectivity index (χ0v) is 30.3. The van der Waals surface area contributed by atoms with Crippen molar-refractivity contribution in [3.8, 4) is 0 Å². The Bertz CT molecular complexity index is 2110. The van der Waals surface area contributed by atoms with Crippen molar-refractivity contribution < 1.29 is 39.9 Å². The summed E-state index contributed by atoms with van der Waals surface area (Å²) in [5.74, 6) is -1.88. The molecule has 0 aliphatic carbocycles. The molecule has 1 aliphatic rings. The maximum absolute atomic E-state index is 13.8. The normalized spacial score (nSPS) is 16.5. The molecule has 1 N–H and O–H groups in total. The summed E-state index contributed by atoms with van der Waals surface area (Å²) in [7, 11) is -4.21. The van der Waals surface area contributed by atoms with E-state index >= 15 is 0 Å². The molecule has 0 bridgehead atoms. The van der Waals surface area contributed by atoms with E-state index in [-0.39, 0.29) is 33.0 Å². The second kappa shape index (κ2) is 17.5. The molecule has 1 fully saturated rings. The average molecular weight is 758 g/mol. The number of hydrogen-bond donors (Lipinski definition) is 1. The Labute approximate surface area is 314 Å². The van der Waals surface area contributed by atoms with E-state index < -0.39 is 34.1 Å². The third-order valence-corrected chi connectivity index (χ3v) is 10.4. The maximum Gasteiger partial charge on any atom is 2.00 e. The van der Waals surface area contributed by atoms with Gasteiger partial charge in [0.1, 0.15) is 6.04 Å². The van der Waals surface area contributed by atoms with Gasteiger partial charge in [-0.1, -0.05) is 127 Å². The molecular weight excluding hydrogens is 719 g/mol. The number of carbonyl (C=O) groups is 1. The van der Waals surface area contributed by atoms with E-state index in [1.807, 2.05) is 43.3 Å². The number of carboxylic acid groups (broad SMARTS) is 1. The molecule has 1 heterocycles. The number of aliphatic carboxylic acids is 1. The van der Waals surface area contributed by atoms with Crippen LogP contribution in [-0.2, 0) is 37.9 Å². The minimum Gasteiger partial charge on any atom is -0.861 e. The molecule has 0 radical (unpaired) electrons. The standard InChI is InChI=1S/C41H40N4O5S.Ni/c1-29-23-25-33(26-24-29)51(49,50)44-38(32-18-9-4-10-19-32)39(41(47)48)43-37(31-16-7-3-8-17-31)34-20-11-12-21-35(34)42-40(46)36-22-13-27-45(36)28-30-14-5-2-6-15-30;/h2-12,14-21,23-26,36,38-39,44H,13,22,27-28H2,1H3,(H,42,46)(H,47,48);/q;+2/p-2/t36-,38+,39-;/m1./s1. The smallest absolute Gasteiger partial charge is 0.861 e. The monoisotopic (exact) mass is 756 g/mol. The third-order valence-electron chi connectivity index (χ3n) is 8.91. The first kappa shape index (κ1) is 38.3. The van der Waals surface area contributed by atoms with E-state index in [0.717, 1.165) is 24.1 Å². The largest absolute Gasteiger partial charge is 2.00 e. The Morgan fingerprint density at radius 3 is 2.08 bits per heavy atom. The summed E-state index contributed by atoms with van der Waals surface area (Å²) < 4.78 is 30.0. The fourth-order valence-corrected chi connectivity index (χ4v) is 7.53. The summed E-state index contributed by atoms with van der Waals surface area (Å²) in [6.07, 6.45) is 1.54. The van der Waals surface area contributed by atoms with E-state index in [1.54, 1.807) is 91.0 Å². The minimum atomic E-state index is -4.21. The number of carboxylic acids is 1. The Balaban J connectivity index is 0.00000523. The van der Waals surface area contributed by atoms with Gasteiger partial charge in [-0.05, 0) is 61.5 Å². The summed E-state index contributed by atoms with van der Waals surface area (Å²) in [6, 6.07) is 37.1. The fraction of sp³-hybridized carbons (Fsp3) is 0.195. The first-order valence-electron chi connectivity index (χ1n) is 16.8. The van der Waals surface area contributed by atoms with E-state index in [0.29, 0.717) is 35.3 Å². The van der Waals surface area contributed by atoms with Crippen molar-refractivity contribution in [1.29, 1.82) is 0 Å².